The van der Waals surface area contributed by atoms with Crippen molar-refractivity contribution < 1.29 is 23.8 Å². The third-order valence-corrected chi connectivity index (χ3v) is 13.3. The second kappa shape index (κ2) is 20.2. The summed E-state index contributed by atoms with van der Waals surface area (Å²) >= 11 is 0. The highest BCUT2D eigenvalue weighted by Crippen LogP contribution is 2.40. The van der Waals surface area contributed by atoms with Crippen LogP contribution in [0, 0.1) is 28.6 Å². The van der Waals surface area contributed by atoms with Gasteiger partial charge in [-0.2, -0.15) is 0 Å². The zero-order chi connectivity index (χ0) is 42.0. The molecule has 7 rings (SSSR count). The summed E-state index contributed by atoms with van der Waals surface area (Å²) in [7, 11) is 1.48. The fraction of sp³-hybridized carbons (Fsp3) is 0.509. The number of likely N-dealkylation sites (tertiary alicyclic amines) is 1. The molecule has 0 N–H and O–H groups in total. The van der Waals surface area contributed by atoms with Gasteiger partial charge in [0.2, 0.25) is 0 Å². The molecule has 6 nitrogen and oxygen atoms in total. The van der Waals surface area contributed by atoms with Gasteiger partial charge >= 0.3 is 5.97 Å². The van der Waals surface area contributed by atoms with Crippen LogP contribution in [0.1, 0.15) is 122 Å². The van der Waals surface area contributed by atoms with E-state index in [2.05, 4.69) is 107 Å². The maximum absolute atomic E-state index is 11.8. The predicted octanol–water partition coefficient (Wildman–Crippen LogP) is 12.9. The number of hydrogen-bond acceptors (Lipinski definition) is 6. The Balaban J connectivity index is 0.000000208. The number of piperidine rings is 1. The highest BCUT2D eigenvalue weighted by molar-refractivity contribution is 5.79. The van der Waals surface area contributed by atoms with Crippen LogP contribution in [0.2, 0.25) is 0 Å². The SMILES string of the molecule is CC(C)(C)C1CCC(Oc2ccc(-c3cccc(C=O)c3)cc2)CC1.COC(=O)C1CCN(Cc2cccc(-c3ccc(OC4CCC(C(C)(C)C)CC4)cc3)c2)CC1. The normalized spacial score (nSPS) is 21.7. The first kappa shape index (κ1) is 44.1. The molecule has 4 aromatic carbocycles. The van der Waals surface area contributed by atoms with Crippen LogP contribution in [0.3, 0.4) is 0 Å². The molecule has 0 amide bonds. The van der Waals surface area contributed by atoms with Crippen molar-refractivity contribution in [2.24, 2.45) is 28.6 Å². The molecule has 316 valence electrons. The van der Waals surface area contributed by atoms with Crippen molar-refractivity contribution in [1.82, 2.24) is 4.90 Å². The van der Waals surface area contributed by atoms with Gasteiger partial charge in [-0.1, -0.05) is 102 Å². The van der Waals surface area contributed by atoms with Gasteiger partial charge in [-0.3, -0.25) is 14.5 Å². The molecule has 0 spiro atoms. The minimum atomic E-state index is -0.0633. The van der Waals surface area contributed by atoms with Crippen LogP contribution in [0.15, 0.2) is 97.1 Å². The maximum Gasteiger partial charge on any atom is 0.308 e. The Morgan fingerprint density at radius 2 is 1.05 bits per heavy atom. The fourth-order valence-corrected chi connectivity index (χ4v) is 9.32. The standard InChI is InChI=1S/C30H41NO3.C23H28O2/c1-30(2,3)26-10-14-28(15-11-26)34-27-12-8-23(9-13-27)25-7-5-6-22(20-25)21-31-18-16-24(17-19-31)29(32)33-4;1-23(2,3)20-9-13-22(14-10-20)25-21-11-7-18(8-12-21)19-6-4-5-17(15-19)16-24/h5-9,12-13,20,24,26,28H,10-11,14-19,21H2,1-4H3;4-8,11-12,15-16,20,22H,9-10,13-14H2,1-3H3. The summed E-state index contributed by atoms with van der Waals surface area (Å²) in [6.07, 6.45) is 13.0. The van der Waals surface area contributed by atoms with Crippen LogP contribution in [-0.4, -0.2) is 49.6 Å². The van der Waals surface area contributed by atoms with Gasteiger partial charge in [-0.05, 0) is 164 Å². The zero-order valence-electron chi connectivity index (χ0n) is 36.9. The Morgan fingerprint density at radius 3 is 1.49 bits per heavy atom. The number of carbonyl (C=O) groups excluding carboxylic acids is 2. The second-order valence-electron chi connectivity index (χ2n) is 19.5. The van der Waals surface area contributed by atoms with Gasteiger partial charge in [0.15, 0.2) is 0 Å². The van der Waals surface area contributed by atoms with E-state index in [-0.39, 0.29) is 11.9 Å². The van der Waals surface area contributed by atoms with Crippen molar-refractivity contribution in [2.75, 3.05) is 20.2 Å². The third-order valence-electron chi connectivity index (χ3n) is 13.3. The summed E-state index contributed by atoms with van der Waals surface area (Å²) in [5.74, 6) is 3.52. The first-order valence-corrected chi connectivity index (χ1v) is 22.3. The molecule has 0 radical (unpaired) electrons. The van der Waals surface area contributed by atoms with Gasteiger partial charge in [0.25, 0.3) is 0 Å². The van der Waals surface area contributed by atoms with Crippen LogP contribution < -0.4 is 9.47 Å². The van der Waals surface area contributed by atoms with E-state index in [9.17, 15) is 9.59 Å². The molecule has 3 fully saturated rings. The Bertz CT molecular complexity index is 1910. The van der Waals surface area contributed by atoms with Crippen LogP contribution >= 0.6 is 0 Å². The minimum Gasteiger partial charge on any atom is -0.490 e. The molecular formula is C53H69NO5. The smallest absolute Gasteiger partial charge is 0.308 e. The van der Waals surface area contributed by atoms with Gasteiger partial charge in [-0.15, -0.1) is 0 Å². The Hall–Kier alpha value is -4.42. The van der Waals surface area contributed by atoms with Crippen molar-refractivity contribution in [3.05, 3.63) is 108 Å². The highest BCUT2D eigenvalue weighted by Gasteiger charge is 2.32. The van der Waals surface area contributed by atoms with Crippen molar-refractivity contribution in [1.29, 1.82) is 0 Å². The maximum atomic E-state index is 11.8. The van der Waals surface area contributed by atoms with E-state index >= 15 is 0 Å². The number of methoxy groups -OCH3 is 1. The molecule has 2 aliphatic carbocycles. The molecular weight excluding hydrogens is 731 g/mol. The van der Waals surface area contributed by atoms with Crippen molar-refractivity contribution in [3.63, 3.8) is 0 Å². The van der Waals surface area contributed by atoms with Crippen LogP contribution in [-0.2, 0) is 16.1 Å². The lowest BCUT2D eigenvalue weighted by Gasteiger charge is -2.37. The van der Waals surface area contributed by atoms with Crippen LogP contribution in [0.4, 0.5) is 0 Å². The van der Waals surface area contributed by atoms with Crippen molar-refractivity contribution >= 4 is 12.3 Å². The predicted molar refractivity (Wildman–Crippen MR) is 241 cm³/mol. The molecule has 1 aliphatic heterocycles. The van der Waals surface area contributed by atoms with Gasteiger partial charge in [-0.25, -0.2) is 0 Å². The van der Waals surface area contributed by atoms with E-state index in [4.69, 9.17) is 14.2 Å². The molecule has 4 aromatic rings. The molecule has 59 heavy (non-hydrogen) atoms. The molecule has 1 heterocycles. The molecule has 0 atom stereocenters. The summed E-state index contributed by atoms with van der Waals surface area (Å²) in [5, 5.41) is 0. The van der Waals surface area contributed by atoms with Gasteiger partial charge in [0, 0.05) is 12.1 Å². The van der Waals surface area contributed by atoms with E-state index < -0.39 is 0 Å². The summed E-state index contributed by atoms with van der Waals surface area (Å²) < 4.78 is 17.4. The summed E-state index contributed by atoms with van der Waals surface area (Å²) in [6, 6.07) is 33.3. The van der Waals surface area contributed by atoms with Crippen molar-refractivity contribution in [3.8, 4) is 33.8 Å². The number of esters is 1. The Labute approximate surface area is 355 Å². The van der Waals surface area contributed by atoms with E-state index in [1.54, 1.807) is 0 Å². The topological polar surface area (TPSA) is 65.1 Å². The first-order chi connectivity index (χ1) is 28.3. The number of aldehydes is 1. The lowest BCUT2D eigenvalue weighted by Crippen LogP contribution is -2.36. The largest absolute Gasteiger partial charge is 0.490 e. The quantitative estimate of drug-likeness (QED) is 0.118. The zero-order valence-corrected chi connectivity index (χ0v) is 36.9. The monoisotopic (exact) mass is 800 g/mol. The van der Waals surface area contributed by atoms with Crippen molar-refractivity contribution in [2.45, 2.75) is 125 Å². The molecule has 6 heteroatoms. The Kier molecular flexibility index (Phi) is 15.1. The third kappa shape index (κ3) is 12.8. The molecule has 0 unspecified atom stereocenters. The lowest BCUT2D eigenvalue weighted by atomic mass is 9.72. The molecule has 1 saturated heterocycles. The second-order valence-corrected chi connectivity index (χ2v) is 19.5. The number of ether oxygens (including phenoxy) is 3. The lowest BCUT2D eigenvalue weighted by molar-refractivity contribution is -0.147. The number of benzene rings is 4. The van der Waals surface area contributed by atoms with Gasteiger partial charge in [0.05, 0.1) is 25.2 Å². The highest BCUT2D eigenvalue weighted by atomic mass is 16.5. The molecule has 0 aromatic heterocycles. The van der Waals surface area contributed by atoms with Crippen LogP contribution in [0.25, 0.3) is 22.3 Å². The van der Waals surface area contributed by atoms with Crippen LogP contribution in [0.5, 0.6) is 11.5 Å². The summed E-state index contributed by atoms with van der Waals surface area (Å²) in [5.41, 5.74) is 7.44. The molecule has 3 aliphatic rings. The molecule has 2 saturated carbocycles. The fourth-order valence-electron chi connectivity index (χ4n) is 9.32. The number of carbonyl (C=O) groups is 2. The average molecular weight is 800 g/mol. The first-order valence-electron chi connectivity index (χ1n) is 22.3. The van der Waals surface area contributed by atoms with E-state index in [1.165, 1.54) is 49.5 Å². The van der Waals surface area contributed by atoms with Gasteiger partial charge < -0.3 is 14.2 Å². The number of hydrogen-bond donors (Lipinski definition) is 0. The number of nitrogens with zero attached hydrogens (tertiary/aromatic N) is 1. The molecule has 0 bridgehead atoms. The Morgan fingerprint density at radius 1 is 0.593 bits per heavy atom. The minimum absolute atomic E-state index is 0.0573. The number of rotatable bonds is 10. The van der Waals surface area contributed by atoms with E-state index in [1.807, 2.05) is 36.4 Å². The average Bonchev–Trinajstić information content (AvgIpc) is 3.24. The van der Waals surface area contributed by atoms with E-state index in [0.29, 0.717) is 28.6 Å². The summed E-state index contributed by atoms with van der Waals surface area (Å²) in [4.78, 5) is 25.1. The summed E-state index contributed by atoms with van der Waals surface area (Å²) in [6.45, 7) is 16.9. The van der Waals surface area contributed by atoms with E-state index in [0.717, 1.165) is 98.9 Å². The van der Waals surface area contributed by atoms with Gasteiger partial charge in [0.1, 0.15) is 17.8 Å².